The zero-order valence-electron chi connectivity index (χ0n) is 12.9. The van der Waals surface area contributed by atoms with Crippen LogP contribution in [0.1, 0.15) is 5.56 Å². The van der Waals surface area contributed by atoms with E-state index in [-0.39, 0.29) is 10.8 Å². The number of hydrogen-bond donors (Lipinski definition) is 2. The highest BCUT2D eigenvalue weighted by Crippen LogP contribution is 2.27. The maximum atomic E-state index is 12.5. The van der Waals surface area contributed by atoms with Crippen LogP contribution in [0.15, 0.2) is 69.6 Å². The van der Waals surface area contributed by atoms with E-state index in [9.17, 15) is 4.79 Å². The summed E-state index contributed by atoms with van der Waals surface area (Å²) in [7, 11) is 0. The van der Waals surface area contributed by atoms with Crippen molar-refractivity contribution in [2.24, 2.45) is 16.0 Å². The molecule has 0 spiro atoms. The van der Waals surface area contributed by atoms with Crippen molar-refractivity contribution in [1.29, 1.82) is 5.26 Å². The van der Waals surface area contributed by atoms with E-state index in [2.05, 4.69) is 15.3 Å². The Hall–Kier alpha value is -3.57. The molecule has 1 aromatic heterocycles. The second-order valence-electron chi connectivity index (χ2n) is 5.04. The third-order valence-corrected chi connectivity index (χ3v) is 3.59. The molecule has 0 radical (unpaired) electrons. The van der Waals surface area contributed by atoms with Gasteiger partial charge in [0.15, 0.2) is 10.8 Å². The molecule has 7 nitrogen and oxygen atoms in total. The minimum Gasteiger partial charge on any atom is -0.374 e. The molecule has 0 amide bonds. The van der Waals surface area contributed by atoms with Crippen LogP contribution in [0.4, 0.5) is 11.4 Å². The van der Waals surface area contributed by atoms with Crippen LogP contribution in [-0.4, -0.2) is 14.9 Å². The Balaban J connectivity index is 2.08. The van der Waals surface area contributed by atoms with Gasteiger partial charge in [0.05, 0.1) is 23.0 Å². The molecule has 0 aliphatic heterocycles. The highest BCUT2D eigenvalue weighted by molar-refractivity contribution is 7.80. The molecule has 1 heterocycles. The lowest BCUT2D eigenvalue weighted by Crippen LogP contribution is -2.29. The topological polar surface area (TPSA) is 112 Å². The molecule has 0 unspecified atom stereocenters. The van der Waals surface area contributed by atoms with E-state index in [1.807, 2.05) is 36.4 Å². The lowest BCUT2D eigenvalue weighted by atomic mass is 10.1. The number of H-pyrrole nitrogens is 1. The smallest absolute Gasteiger partial charge is 0.301 e. The number of benzene rings is 2. The summed E-state index contributed by atoms with van der Waals surface area (Å²) in [5.74, 6) is 0. The first kappa shape index (κ1) is 16.3. The van der Waals surface area contributed by atoms with E-state index in [4.69, 9.17) is 23.2 Å². The number of hydrogen-bond acceptors (Lipinski definition) is 5. The quantitative estimate of drug-likeness (QED) is 0.559. The summed E-state index contributed by atoms with van der Waals surface area (Å²) in [5, 5.41) is 19.7. The Morgan fingerprint density at radius 1 is 1.12 bits per heavy atom. The molecule has 0 atom stereocenters. The normalized spacial score (nSPS) is 10.7. The third-order valence-electron chi connectivity index (χ3n) is 3.41. The van der Waals surface area contributed by atoms with Crippen molar-refractivity contribution in [3.63, 3.8) is 0 Å². The van der Waals surface area contributed by atoms with Crippen molar-refractivity contribution >= 4 is 28.7 Å². The van der Waals surface area contributed by atoms with Gasteiger partial charge in [-0.25, -0.2) is 0 Å². The van der Waals surface area contributed by atoms with Crippen LogP contribution in [0.2, 0.25) is 0 Å². The average molecular weight is 348 g/mol. The summed E-state index contributed by atoms with van der Waals surface area (Å²) in [5.41, 5.74) is 7.44. The van der Waals surface area contributed by atoms with Crippen LogP contribution in [0.3, 0.4) is 0 Å². The second kappa shape index (κ2) is 6.90. The van der Waals surface area contributed by atoms with Crippen LogP contribution in [-0.2, 0) is 0 Å². The maximum Gasteiger partial charge on any atom is 0.301 e. The van der Waals surface area contributed by atoms with E-state index in [0.29, 0.717) is 16.9 Å². The summed E-state index contributed by atoms with van der Waals surface area (Å²) in [6, 6.07) is 17.8. The second-order valence-corrected chi connectivity index (χ2v) is 5.46. The van der Waals surface area contributed by atoms with Gasteiger partial charge in [-0.2, -0.15) is 15.1 Å². The molecule has 2 aromatic carbocycles. The molecule has 0 aliphatic rings. The molecule has 0 saturated heterocycles. The van der Waals surface area contributed by atoms with E-state index in [1.54, 1.807) is 24.3 Å². The van der Waals surface area contributed by atoms with Crippen molar-refractivity contribution in [3.05, 3.63) is 70.5 Å². The zero-order chi connectivity index (χ0) is 17.8. The minimum atomic E-state index is -0.483. The van der Waals surface area contributed by atoms with Crippen LogP contribution in [0, 0.1) is 11.3 Å². The van der Waals surface area contributed by atoms with Crippen molar-refractivity contribution in [3.8, 4) is 17.3 Å². The van der Waals surface area contributed by atoms with E-state index >= 15 is 0 Å². The minimum absolute atomic E-state index is 0.100. The van der Waals surface area contributed by atoms with Gasteiger partial charge in [-0.15, -0.1) is 5.11 Å². The summed E-state index contributed by atoms with van der Waals surface area (Å²) in [4.78, 5) is 12.5. The molecular formula is C17H12N6OS. The Morgan fingerprint density at radius 2 is 1.80 bits per heavy atom. The maximum absolute atomic E-state index is 12.5. The van der Waals surface area contributed by atoms with Gasteiger partial charge in [0, 0.05) is 5.56 Å². The third kappa shape index (κ3) is 3.36. The highest BCUT2D eigenvalue weighted by Gasteiger charge is 2.16. The van der Waals surface area contributed by atoms with Gasteiger partial charge in [0.2, 0.25) is 0 Å². The lowest BCUT2D eigenvalue weighted by Gasteiger charge is -1.99. The fourth-order valence-electron chi connectivity index (χ4n) is 2.19. The number of rotatable bonds is 3. The molecule has 122 valence electrons. The number of aromatic nitrogens is 2. The van der Waals surface area contributed by atoms with Gasteiger partial charge in [0.25, 0.3) is 0 Å². The number of aromatic amines is 1. The van der Waals surface area contributed by atoms with Crippen LogP contribution < -0.4 is 11.3 Å². The molecule has 0 fully saturated rings. The predicted molar refractivity (Wildman–Crippen MR) is 98.0 cm³/mol. The Morgan fingerprint density at radius 3 is 2.40 bits per heavy atom. The highest BCUT2D eigenvalue weighted by atomic mass is 32.1. The van der Waals surface area contributed by atoms with E-state index in [0.717, 1.165) is 10.2 Å². The van der Waals surface area contributed by atoms with E-state index < -0.39 is 5.56 Å². The molecule has 3 aromatic rings. The molecule has 0 aliphatic carbocycles. The summed E-state index contributed by atoms with van der Waals surface area (Å²) in [6.07, 6.45) is 0. The van der Waals surface area contributed by atoms with Crippen LogP contribution in [0.5, 0.6) is 0 Å². The van der Waals surface area contributed by atoms with Crippen molar-refractivity contribution in [2.75, 3.05) is 0 Å². The number of thiocarbonyl (C=S) groups is 1. The Labute approximate surface area is 148 Å². The molecule has 0 saturated carbocycles. The standard InChI is InChI=1S/C17H12N6OS/c18-10-11-6-8-13(9-7-11)20-21-15-14(12-4-2-1-3-5-12)22-23(16(15)24)17(19)25/h1-9,22H,(H2,19,25). The van der Waals surface area contributed by atoms with Crippen LogP contribution >= 0.6 is 12.2 Å². The van der Waals surface area contributed by atoms with Gasteiger partial charge in [0.1, 0.15) is 0 Å². The molecule has 3 N–H and O–H groups in total. The summed E-state index contributed by atoms with van der Waals surface area (Å²) >= 11 is 4.88. The van der Waals surface area contributed by atoms with Gasteiger partial charge < -0.3 is 5.73 Å². The van der Waals surface area contributed by atoms with Crippen molar-refractivity contribution in [1.82, 2.24) is 9.78 Å². The fraction of sp³-hybridized carbons (Fsp3) is 0. The average Bonchev–Trinajstić information content (AvgIpc) is 2.98. The number of nitrogens with two attached hydrogens (primary N) is 1. The van der Waals surface area contributed by atoms with Crippen molar-refractivity contribution < 1.29 is 0 Å². The van der Waals surface area contributed by atoms with Gasteiger partial charge in [-0.05, 0) is 36.5 Å². The fourth-order valence-corrected chi connectivity index (χ4v) is 2.32. The molecule has 3 rings (SSSR count). The Kier molecular flexibility index (Phi) is 4.50. The Bertz CT molecular complexity index is 1040. The largest absolute Gasteiger partial charge is 0.374 e. The summed E-state index contributed by atoms with van der Waals surface area (Å²) in [6.45, 7) is 0. The SMILES string of the molecule is N#Cc1ccc(N=Nc2c(-c3ccccc3)[nH]n(C(N)=S)c2=O)cc1. The van der Waals surface area contributed by atoms with Gasteiger partial charge in [-0.1, -0.05) is 30.3 Å². The first-order chi connectivity index (χ1) is 12.1. The molecular weight excluding hydrogens is 336 g/mol. The van der Waals surface area contributed by atoms with Gasteiger partial charge >= 0.3 is 5.56 Å². The lowest BCUT2D eigenvalue weighted by molar-refractivity contribution is 0.910. The van der Waals surface area contributed by atoms with Crippen molar-refractivity contribution in [2.45, 2.75) is 0 Å². The number of azo groups is 1. The first-order valence-corrected chi connectivity index (χ1v) is 7.63. The molecule has 0 bridgehead atoms. The number of nitriles is 1. The predicted octanol–water partition coefficient (Wildman–Crippen LogP) is 3.22. The number of nitrogens with one attached hydrogen (secondary N) is 1. The first-order valence-electron chi connectivity index (χ1n) is 7.22. The van der Waals surface area contributed by atoms with Crippen LogP contribution in [0.25, 0.3) is 11.3 Å². The zero-order valence-corrected chi connectivity index (χ0v) is 13.7. The molecule has 25 heavy (non-hydrogen) atoms. The summed E-state index contributed by atoms with van der Waals surface area (Å²) < 4.78 is 1.05. The number of nitrogens with zero attached hydrogens (tertiary/aromatic N) is 4. The monoisotopic (exact) mass is 348 g/mol. The molecule has 8 heteroatoms. The van der Waals surface area contributed by atoms with Gasteiger partial charge in [-0.3, -0.25) is 9.89 Å². The van der Waals surface area contributed by atoms with E-state index in [1.165, 1.54) is 0 Å².